The van der Waals surface area contributed by atoms with E-state index in [0.717, 1.165) is 70.6 Å². The first kappa shape index (κ1) is 74.3. The maximum Gasteiger partial charge on any atom is 0.220 e. The second-order valence-electron chi connectivity index (χ2n) is 23.2. The monoisotopic (exact) mass is 1170 g/mol. The van der Waals surface area contributed by atoms with Crippen molar-refractivity contribution >= 4 is 5.91 Å². The molecule has 0 radical (unpaired) electrons. The highest BCUT2D eigenvalue weighted by Gasteiger charge is 2.53. The molecule has 3 heterocycles. The van der Waals surface area contributed by atoms with Crippen molar-refractivity contribution in [2.24, 2.45) is 0 Å². The molecule has 0 aromatic rings. The lowest BCUT2D eigenvalue weighted by Gasteiger charge is -2.48. The predicted molar refractivity (Wildman–Crippen MR) is 314 cm³/mol. The van der Waals surface area contributed by atoms with Crippen molar-refractivity contribution in [3.8, 4) is 0 Å². The highest BCUT2D eigenvalue weighted by molar-refractivity contribution is 5.76. The molecule has 0 saturated carbocycles. The van der Waals surface area contributed by atoms with Crippen molar-refractivity contribution in [2.75, 3.05) is 26.4 Å². The van der Waals surface area contributed by atoms with Crippen LogP contribution in [0.15, 0.2) is 36.5 Å². The molecule has 3 fully saturated rings. The SMILES string of the molecule is CCCCCCC/C=C\C/C=C\C/C=C\CCCCCCCCCCCCCCCCCCC(=O)NC(COC1OC(CO)C(OC2OC(CO)C(OC3OC(CO)C(O)C(O)C3O)C(O)C2O)C(O)C1O)C(O)CCCCCCCC. The number of carbonyl (C=O) groups excluding carboxylic acids is 1. The molecule has 82 heavy (non-hydrogen) atoms. The second kappa shape index (κ2) is 46.2. The minimum Gasteiger partial charge on any atom is -0.394 e. The molecule has 17 atom stereocenters. The fourth-order valence-electron chi connectivity index (χ4n) is 10.9. The summed E-state index contributed by atoms with van der Waals surface area (Å²) >= 11 is 0. The average Bonchev–Trinajstić information content (AvgIpc) is 3.60. The highest BCUT2D eigenvalue weighted by atomic mass is 16.8. The van der Waals surface area contributed by atoms with E-state index in [1.165, 1.54) is 122 Å². The maximum atomic E-state index is 13.3. The van der Waals surface area contributed by atoms with Crippen LogP contribution >= 0.6 is 0 Å². The molecular weight excluding hydrogens is 1060 g/mol. The Balaban J connectivity index is 1.31. The number of amides is 1. The van der Waals surface area contributed by atoms with Gasteiger partial charge in [-0.25, -0.2) is 0 Å². The fraction of sp³-hybridized carbons (Fsp3) is 0.889. The minimum absolute atomic E-state index is 0.248. The number of carbonyl (C=O) groups is 1. The first-order valence-corrected chi connectivity index (χ1v) is 32.2. The van der Waals surface area contributed by atoms with Gasteiger partial charge in [0.25, 0.3) is 0 Å². The van der Waals surface area contributed by atoms with Crippen molar-refractivity contribution in [2.45, 2.75) is 330 Å². The number of hydrogen-bond acceptors (Lipinski definition) is 18. The standard InChI is InChI=1S/C63H115NO18/c1-3-5-7-9-11-12-13-14-15-16-17-18-19-20-21-22-23-24-25-26-27-28-29-30-31-32-33-34-35-37-39-41-51(69)64-46(47(68)40-38-36-10-8-6-4-2)45-77-61-57(75)54(72)59(49(43-66)79-61)82-63-58(76)55(73)60(50(44-67)80-63)81-62-56(74)53(71)52(70)48(42-65)78-62/h13-14,16-17,19-20,46-50,52-63,65-68,70-76H,3-12,15,18,21-45H2,1-2H3,(H,64,69)/b14-13-,17-16-,20-19-. The van der Waals surface area contributed by atoms with E-state index in [0.29, 0.717) is 12.8 Å². The summed E-state index contributed by atoms with van der Waals surface area (Å²) in [6.45, 7) is 1.70. The Kier molecular flexibility index (Phi) is 41.8. The smallest absolute Gasteiger partial charge is 0.220 e. The van der Waals surface area contributed by atoms with Gasteiger partial charge in [0.1, 0.15) is 73.2 Å². The van der Waals surface area contributed by atoms with Crippen molar-refractivity contribution in [3.63, 3.8) is 0 Å². The number of hydrogen-bond donors (Lipinski definition) is 12. The summed E-state index contributed by atoms with van der Waals surface area (Å²) in [5.41, 5.74) is 0. The van der Waals surface area contributed by atoms with Crippen LogP contribution in [0.25, 0.3) is 0 Å². The molecule has 12 N–H and O–H groups in total. The third-order valence-corrected chi connectivity index (χ3v) is 16.2. The van der Waals surface area contributed by atoms with E-state index < -0.39 is 124 Å². The predicted octanol–water partition coefficient (Wildman–Crippen LogP) is 6.88. The summed E-state index contributed by atoms with van der Waals surface area (Å²) in [5.74, 6) is -0.248. The van der Waals surface area contributed by atoms with Gasteiger partial charge in [0.15, 0.2) is 18.9 Å². The Morgan fingerprint density at radius 2 is 0.805 bits per heavy atom. The van der Waals surface area contributed by atoms with Gasteiger partial charge >= 0.3 is 0 Å². The lowest BCUT2D eigenvalue weighted by molar-refractivity contribution is -0.379. The Morgan fingerprint density at radius 1 is 0.439 bits per heavy atom. The summed E-state index contributed by atoms with van der Waals surface area (Å²) < 4.78 is 34.2. The number of aliphatic hydroxyl groups excluding tert-OH is 11. The summed E-state index contributed by atoms with van der Waals surface area (Å²) in [6.07, 6.45) is 24.5. The van der Waals surface area contributed by atoms with Crippen LogP contribution in [0.5, 0.6) is 0 Å². The van der Waals surface area contributed by atoms with Gasteiger partial charge in [0.2, 0.25) is 5.91 Å². The van der Waals surface area contributed by atoms with Gasteiger partial charge in [-0.15, -0.1) is 0 Å². The van der Waals surface area contributed by atoms with Crippen LogP contribution in [-0.4, -0.2) is 193 Å². The van der Waals surface area contributed by atoms with Gasteiger partial charge in [0.05, 0.1) is 38.6 Å². The summed E-state index contributed by atoms with van der Waals surface area (Å²) in [4.78, 5) is 13.3. The van der Waals surface area contributed by atoms with Gasteiger partial charge in [-0.1, -0.05) is 204 Å². The van der Waals surface area contributed by atoms with Gasteiger partial charge in [-0.05, 0) is 51.4 Å². The largest absolute Gasteiger partial charge is 0.394 e. The molecule has 19 nitrogen and oxygen atoms in total. The highest BCUT2D eigenvalue weighted by Crippen LogP contribution is 2.33. The van der Waals surface area contributed by atoms with E-state index in [1.54, 1.807) is 0 Å². The number of nitrogens with one attached hydrogen (secondary N) is 1. The molecule has 0 spiro atoms. The minimum atomic E-state index is -1.97. The zero-order valence-electron chi connectivity index (χ0n) is 50.2. The van der Waals surface area contributed by atoms with E-state index >= 15 is 0 Å². The molecule has 0 aromatic carbocycles. The molecular formula is C63H115NO18. The van der Waals surface area contributed by atoms with Crippen molar-refractivity contribution in [1.82, 2.24) is 5.32 Å². The third-order valence-electron chi connectivity index (χ3n) is 16.2. The Hall–Kier alpha value is -1.99. The Bertz CT molecular complexity index is 1640. The van der Waals surface area contributed by atoms with Crippen molar-refractivity contribution < 1.29 is 89.4 Å². The molecule has 3 saturated heterocycles. The molecule has 1 amide bonds. The molecule has 3 aliphatic heterocycles. The normalized spacial score (nSPS) is 29.8. The molecule has 19 heteroatoms. The van der Waals surface area contributed by atoms with Gasteiger partial charge in [0, 0.05) is 6.42 Å². The summed E-state index contributed by atoms with van der Waals surface area (Å²) in [7, 11) is 0. The number of unbranched alkanes of at least 4 members (excludes halogenated alkanes) is 26. The molecule has 3 aliphatic rings. The topological polar surface area (TPSA) is 307 Å². The molecule has 0 bridgehead atoms. The lowest BCUT2D eigenvalue weighted by atomic mass is 9.96. The van der Waals surface area contributed by atoms with E-state index in [9.17, 15) is 61.0 Å². The van der Waals surface area contributed by atoms with Crippen LogP contribution < -0.4 is 5.32 Å². The summed E-state index contributed by atoms with van der Waals surface area (Å²) in [5, 5.41) is 120. The van der Waals surface area contributed by atoms with Crippen LogP contribution in [0.4, 0.5) is 0 Å². The van der Waals surface area contributed by atoms with Crippen molar-refractivity contribution in [1.29, 1.82) is 0 Å². The van der Waals surface area contributed by atoms with E-state index in [2.05, 4.69) is 55.6 Å². The van der Waals surface area contributed by atoms with Gasteiger partial charge < -0.3 is 89.9 Å². The van der Waals surface area contributed by atoms with Gasteiger partial charge in [-0.3, -0.25) is 4.79 Å². The maximum absolute atomic E-state index is 13.3. The third kappa shape index (κ3) is 29.1. The lowest BCUT2D eigenvalue weighted by Crippen LogP contribution is -2.66. The van der Waals surface area contributed by atoms with E-state index in [1.807, 2.05) is 0 Å². The first-order valence-electron chi connectivity index (χ1n) is 32.2. The Morgan fingerprint density at radius 3 is 1.26 bits per heavy atom. The number of ether oxygens (including phenoxy) is 6. The second-order valence-corrected chi connectivity index (χ2v) is 23.2. The first-order chi connectivity index (χ1) is 39.8. The van der Waals surface area contributed by atoms with E-state index in [4.69, 9.17) is 28.4 Å². The number of rotatable bonds is 48. The fourth-order valence-corrected chi connectivity index (χ4v) is 10.9. The van der Waals surface area contributed by atoms with E-state index in [-0.39, 0.29) is 18.9 Å². The van der Waals surface area contributed by atoms with Crippen LogP contribution in [-0.2, 0) is 33.2 Å². The van der Waals surface area contributed by atoms with Crippen LogP contribution in [0.1, 0.15) is 226 Å². The summed E-state index contributed by atoms with van der Waals surface area (Å²) in [6, 6.07) is -0.883. The molecule has 0 aliphatic carbocycles. The molecule has 17 unspecified atom stereocenters. The van der Waals surface area contributed by atoms with Crippen LogP contribution in [0.2, 0.25) is 0 Å². The number of aliphatic hydroxyl groups is 11. The zero-order valence-corrected chi connectivity index (χ0v) is 50.2. The zero-order chi connectivity index (χ0) is 59.7. The molecule has 480 valence electrons. The average molecular weight is 1170 g/mol. The van der Waals surface area contributed by atoms with Crippen LogP contribution in [0, 0.1) is 0 Å². The van der Waals surface area contributed by atoms with Gasteiger partial charge in [-0.2, -0.15) is 0 Å². The van der Waals surface area contributed by atoms with Crippen LogP contribution in [0.3, 0.4) is 0 Å². The Labute approximate surface area is 491 Å². The molecule has 3 rings (SSSR count). The molecule has 0 aromatic heterocycles. The number of allylic oxidation sites excluding steroid dienone is 6. The van der Waals surface area contributed by atoms with Crippen molar-refractivity contribution in [3.05, 3.63) is 36.5 Å². The quantitative estimate of drug-likeness (QED) is 0.0218.